The molecule has 0 aliphatic carbocycles. The molecule has 2 amide bonds. The van der Waals surface area contributed by atoms with E-state index in [0.717, 1.165) is 23.0 Å². The van der Waals surface area contributed by atoms with Crippen molar-refractivity contribution in [2.75, 3.05) is 29.4 Å². The summed E-state index contributed by atoms with van der Waals surface area (Å²) in [6.45, 7) is 18.2. The number of unbranched alkanes of at least 4 members (excludes halogenated alkanes) is 1. The Morgan fingerprint density at radius 2 is 1.15 bits per heavy atom. The van der Waals surface area contributed by atoms with Crippen LogP contribution < -0.4 is 28.7 Å². The average Bonchev–Trinajstić information content (AvgIpc) is 2.87. The molecule has 18 heteroatoms. The summed E-state index contributed by atoms with van der Waals surface area (Å²) < 4.78 is 52.6. The molecule has 48 heavy (non-hydrogen) atoms. The summed E-state index contributed by atoms with van der Waals surface area (Å²) in [4.78, 5) is 27.0. The summed E-state index contributed by atoms with van der Waals surface area (Å²) >= 11 is 3.39. The van der Waals surface area contributed by atoms with E-state index in [1.807, 2.05) is 52.0 Å². The number of hydrogen-bond donors (Lipinski definition) is 0. The second-order valence-corrected chi connectivity index (χ2v) is 18.5. The molecule has 0 spiro atoms. The van der Waals surface area contributed by atoms with Crippen LogP contribution in [0.15, 0.2) is 57.9 Å². The molecule has 2 aromatic carbocycles. The van der Waals surface area contributed by atoms with E-state index < -0.39 is 34.6 Å². The standard InChI is InChI=1S/C13H18BrNO2.C13H18ClNO4S.C4H10N.Cl2O2S.Li/c1-5-15(12(16)17-13(2,3)4)11-8-6-7-10(14)9-11;1-5-15(12(16)19-13(2,3)4)10-7-6-8-11(9-10)20(14,17)18;1-2-3-4-5;1-5(2,3)4;/h6-9H,5H2,1-4H3;6-9H,5H2,1-4H3;5H,2-4H2,1H3;;/q;;-1;;+1. The van der Waals surface area contributed by atoms with Crippen molar-refractivity contribution in [2.24, 2.45) is 0 Å². The molecule has 0 atom stereocenters. The van der Waals surface area contributed by atoms with Crippen LogP contribution in [-0.4, -0.2) is 59.9 Å². The van der Waals surface area contributed by atoms with Gasteiger partial charge in [-0.25, -0.2) is 18.0 Å². The van der Waals surface area contributed by atoms with E-state index in [0.29, 0.717) is 25.3 Å². The van der Waals surface area contributed by atoms with Crippen molar-refractivity contribution < 1.29 is 54.8 Å². The number of hydrogen-bond acceptors (Lipinski definition) is 8. The number of carbonyl (C=O) groups excluding carboxylic acids is 2. The molecule has 2 aromatic rings. The van der Waals surface area contributed by atoms with E-state index in [4.69, 9.17) is 34.3 Å². The van der Waals surface area contributed by atoms with E-state index in [9.17, 15) is 18.0 Å². The smallest absolute Gasteiger partial charge is 0.677 e. The van der Waals surface area contributed by atoms with Gasteiger partial charge in [0.15, 0.2) is 0 Å². The van der Waals surface area contributed by atoms with Gasteiger partial charge in [0.05, 0.1) is 4.90 Å². The minimum absolute atomic E-state index is 0. The first-order valence-electron chi connectivity index (χ1n) is 14.4. The van der Waals surface area contributed by atoms with Crippen LogP contribution in [0, 0.1) is 0 Å². The van der Waals surface area contributed by atoms with Gasteiger partial charge in [-0.15, -0.1) is 0 Å². The molecule has 1 N–H and O–H groups in total. The van der Waals surface area contributed by atoms with Crippen LogP contribution in [0.4, 0.5) is 21.0 Å². The zero-order valence-corrected chi connectivity index (χ0v) is 34.6. The largest absolute Gasteiger partial charge is 1.00 e. The Morgan fingerprint density at radius 3 is 1.42 bits per heavy atom. The second-order valence-electron chi connectivity index (χ2n) is 11.3. The Bertz CT molecular complexity index is 1460. The Morgan fingerprint density at radius 1 is 0.771 bits per heavy atom. The van der Waals surface area contributed by atoms with Crippen LogP contribution in [0.1, 0.15) is 75.2 Å². The summed E-state index contributed by atoms with van der Waals surface area (Å²) in [6, 6.07) is 13.5. The molecular formula is C30H46BrCl3LiN3O8S2. The first kappa shape index (κ1) is 51.2. The van der Waals surface area contributed by atoms with E-state index in [-0.39, 0.29) is 29.8 Å². The number of anilines is 2. The predicted molar refractivity (Wildman–Crippen MR) is 197 cm³/mol. The number of ether oxygens (including phenoxy) is 2. The number of halogens is 4. The monoisotopic (exact) mass is 831 g/mol. The van der Waals surface area contributed by atoms with E-state index in [1.54, 1.807) is 38.7 Å². The third-order valence-electron chi connectivity index (χ3n) is 4.92. The molecule has 270 valence electrons. The quantitative estimate of drug-likeness (QED) is 0.211. The van der Waals surface area contributed by atoms with Crippen molar-refractivity contribution in [3.8, 4) is 0 Å². The Labute approximate surface area is 320 Å². The Balaban J connectivity index is -0.000000652. The number of amides is 2. The van der Waals surface area contributed by atoms with Gasteiger partial charge in [-0.3, -0.25) is 9.80 Å². The summed E-state index contributed by atoms with van der Waals surface area (Å²) in [5, 5.41) is 0. The van der Waals surface area contributed by atoms with Gasteiger partial charge in [0.2, 0.25) is 0 Å². The molecule has 0 unspecified atom stereocenters. The maximum atomic E-state index is 12.1. The van der Waals surface area contributed by atoms with Gasteiger partial charge in [-0.05, 0) is 91.8 Å². The van der Waals surface area contributed by atoms with E-state index in [1.165, 1.54) is 23.1 Å². The van der Waals surface area contributed by atoms with Gasteiger partial charge in [-0.2, -0.15) is 15.0 Å². The number of nitrogens with one attached hydrogen (secondary N) is 1. The molecule has 0 aliphatic heterocycles. The van der Waals surface area contributed by atoms with Crippen LogP contribution in [0.5, 0.6) is 0 Å². The molecule has 0 saturated carbocycles. The number of rotatable bonds is 7. The van der Waals surface area contributed by atoms with Crippen molar-refractivity contribution in [1.29, 1.82) is 0 Å². The minimum Gasteiger partial charge on any atom is -0.677 e. The van der Waals surface area contributed by atoms with Gasteiger partial charge in [0, 0.05) is 61.0 Å². The fourth-order valence-corrected chi connectivity index (χ4v) is 4.27. The van der Waals surface area contributed by atoms with Crippen molar-refractivity contribution >= 4 is 88.9 Å². The third-order valence-corrected chi connectivity index (χ3v) is 6.77. The first-order valence-corrected chi connectivity index (χ1v) is 20.6. The second kappa shape index (κ2) is 24.1. The third kappa shape index (κ3) is 26.6. The van der Waals surface area contributed by atoms with E-state index >= 15 is 0 Å². The fraction of sp³-hybridized carbons (Fsp3) is 0.533. The van der Waals surface area contributed by atoms with Crippen LogP contribution >= 0.6 is 48.0 Å². The van der Waals surface area contributed by atoms with Crippen molar-refractivity contribution in [3.05, 3.63) is 58.7 Å². The van der Waals surface area contributed by atoms with Crippen molar-refractivity contribution in [1.82, 2.24) is 0 Å². The predicted octanol–water partition coefficient (Wildman–Crippen LogP) is 7.14. The summed E-state index contributed by atoms with van der Waals surface area (Å²) in [6.07, 6.45) is 1.35. The summed E-state index contributed by atoms with van der Waals surface area (Å²) in [5.74, 6) is 0. The van der Waals surface area contributed by atoms with Crippen LogP contribution in [-0.2, 0) is 26.8 Å². The average molecular weight is 834 g/mol. The Kier molecular flexibility index (Phi) is 25.6. The van der Waals surface area contributed by atoms with Gasteiger partial charge >= 0.3 is 39.3 Å². The molecule has 0 aromatic heterocycles. The van der Waals surface area contributed by atoms with Gasteiger partial charge in [-0.1, -0.05) is 47.8 Å². The summed E-state index contributed by atoms with van der Waals surface area (Å²) in [7, 11) is 6.28. The topological polar surface area (TPSA) is 151 Å². The van der Waals surface area contributed by atoms with Crippen LogP contribution in [0.3, 0.4) is 0 Å². The molecule has 0 saturated heterocycles. The minimum atomic E-state index is -3.83. The molecule has 11 nitrogen and oxygen atoms in total. The van der Waals surface area contributed by atoms with Crippen molar-refractivity contribution in [2.45, 2.75) is 91.3 Å². The van der Waals surface area contributed by atoms with Gasteiger partial charge in [0.1, 0.15) is 11.2 Å². The SMILES string of the molecule is CCCC[NH-].CCN(C(=O)OC(C)(C)C)c1cccc(Br)c1.CCN(C(=O)OC(C)(C)C)c1cccc(S(=O)(=O)Cl)c1.O=S(=O)(Cl)Cl.[Li+]. The molecule has 0 bridgehead atoms. The van der Waals surface area contributed by atoms with Crippen LogP contribution in [0.25, 0.3) is 5.73 Å². The Hall–Kier alpha value is -1.21. The molecule has 0 aliphatic rings. The van der Waals surface area contributed by atoms with E-state index in [2.05, 4.69) is 44.2 Å². The molecule has 0 fully saturated rings. The molecule has 0 heterocycles. The van der Waals surface area contributed by atoms with Gasteiger partial charge < -0.3 is 15.2 Å². The zero-order chi connectivity index (χ0) is 37.2. The molecule has 0 radical (unpaired) electrons. The van der Waals surface area contributed by atoms with Crippen molar-refractivity contribution in [3.63, 3.8) is 0 Å². The van der Waals surface area contributed by atoms with Crippen LogP contribution in [0.2, 0.25) is 0 Å². The molecule has 2 rings (SSSR count). The number of nitrogens with zero attached hydrogens (tertiary/aromatic N) is 2. The van der Waals surface area contributed by atoms with Gasteiger partial charge in [0.25, 0.3) is 9.05 Å². The number of carbonyl (C=O) groups is 2. The molecular weight excluding hydrogens is 788 g/mol. The first-order chi connectivity index (χ1) is 21.3. The maximum absolute atomic E-state index is 12.1. The zero-order valence-electron chi connectivity index (χ0n) is 29.1. The summed E-state index contributed by atoms with van der Waals surface area (Å²) in [5.41, 5.74) is 6.75. The fourth-order valence-electron chi connectivity index (χ4n) is 3.09. The maximum Gasteiger partial charge on any atom is 1.00 e. The number of benzene rings is 2. The normalized spacial score (nSPS) is 11.0.